The number of halogens is 2. The van der Waals surface area contributed by atoms with Crippen LogP contribution in [0, 0.1) is 0 Å². The van der Waals surface area contributed by atoms with Crippen LogP contribution in [0.25, 0.3) is 0 Å². The molecule has 2 aromatic rings. The highest BCUT2D eigenvalue weighted by atomic mass is 79.9. The monoisotopic (exact) mass is 397 g/mol. The Bertz CT molecular complexity index is 629. The first-order valence-electron chi connectivity index (χ1n) is 5.97. The molecule has 0 heterocycles. The first-order chi connectivity index (χ1) is 9.61. The van der Waals surface area contributed by atoms with Crippen LogP contribution in [0.3, 0.4) is 0 Å². The topological polar surface area (TPSA) is 38.3 Å². The molecule has 2 rings (SSSR count). The summed E-state index contributed by atoms with van der Waals surface area (Å²) in [6, 6.07) is 13.0. The lowest BCUT2D eigenvalue weighted by molar-refractivity contribution is 0.101. The van der Waals surface area contributed by atoms with E-state index in [1.807, 2.05) is 24.3 Å². The van der Waals surface area contributed by atoms with E-state index in [-0.39, 0.29) is 12.3 Å². The fourth-order valence-electron chi connectivity index (χ4n) is 1.72. The average molecular weight is 399 g/mol. The van der Waals surface area contributed by atoms with Gasteiger partial charge in [0.2, 0.25) is 0 Å². The third-order valence-corrected chi connectivity index (χ3v) is 4.10. The lowest BCUT2D eigenvalue weighted by Crippen LogP contribution is -2.14. The lowest BCUT2D eigenvalue weighted by atomic mass is 10.1. The number of ether oxygens (including phenoxy) is 1. The fourth-order valence-corrected chi connectivity index (χ4v) is 2.69. The van der Waals surface area contributed by atoms with Crippen LogP contribution in [0.5, 0.6) is 5.75 Å². The number of Topliss-reactive ketones (excluding diaryl/α,β-unsaturated/α-hetero) is 1. The largest absolute Gasteiger partial charge is 0.496 e. The van der Waals surface area contributed by atoms with Crippen molar-refractivity contribution in [1.29, 1.82) is 0 Å². The van der Waals surface area contributed by atoms with Crippen molar-refractivity contribution in [3.05, 3.63) is 57.0 Å². The van der Waals surface area contributed by atoms with Gasteiger partial charge in [-0.05, 0) is 62.2 Å². The quantitative estimate of drug-likeness (QED) is 0.752. The van der Waals surface area contributed by atoms with Crippen molar-refractivity contribution >= 4 is 43.3 Å². The van der Waals surface area contributed by atoms with Crippen molar-refractivity contribution in [2.75, 3.05) is 19.0 Å². The predicted molar refractivity (Wildman–Crippen MR) is 87.7 cm³/mol. The number of para-hydroxylation sites is 1. The minimum Gasteiger partial charge on any atom is -0.496 e. The summed E-state index contributed by atoms with van der Waals surface area (Å²) in [6.07, 6.45) is 0. The Morgan fingerprint density at radius 2 is 1.90 bits per heavy atom. The summed E-state index contributed by atoms with van der Waals surface area (Å²) >= 11 is 6.81. The van der Waals surface area contributed by atoms with E-state index in [2.05, 4.69) is 37.2 Å². The Morgan fingerprint density at radius 1 is 1.15 bits per heavy atom. The fraction of sp³-hybridized carbons (Fsp3) is 0.133. The van der Waals surface area contributed by atoms with Gasteiger partial charge >= 0.3 is 0 Å². The Kier molecular flexibility index (Phi) is 5.20. The minimum absolute atomic E-state index is 0.0177. The molecule has 0 saturated carbocycles. The second-order valence-electron chi connectivity index (χ2n) is 4.11. The molecule has 0 amide bonds. The molecular weight excluding hydrogens is 386 g/mol. The number of hydrogen-bond acceptors (Lipinski definition) is 3. The van der Waals surface area contributed by atoms with Crippen LogP contribution < -0.4 is 10.1 Å². The van der Waals surface area contributed by atoms with Crippen LogP contribution in [0.15, 0.2) is 51.4 Å². The summed E-state index contributed by atoms with van der Waals surface area (Å²) < 4.78 is 6.85. The number of carbonyl (C=O) groups excluding carboxylic acids is 1. The summed E-state index contributed by atoms with van der Waals surface area (Å²) in [5.41, 5.74) is 1.53. The van der Waals surface area contributed by atoms with E-state index in [1.54, 1.807) is 25.3 Å². The molecule has 0 bridgehead atoms. The van der Waals surface area contributed by atoms with Crippen molar-refractivity contribution in [2.24, 2.45) is 0 Å². The van der Waals surface area contributed by atoms with Gasteiger partial charge in [-0.3, -0.25) is 4.79 Å². The van der Waals surface area contributed by atoms with Crippen molar-refractivity contribution in [3.63, 3.8) is 0 Å². The molecule has 2 aromatic carbocycles. The van der Waals surface area contributed by atoms with Gasteiger partial charge < -0.3 is 10.1 Å². The van der Waals surface area contributed by atoms with E-state index in [1.165, 1.54) is 0 Å². The molecule has 0 saturated heterocycles. The minimum atomic E-state index is 0.0177. The second-order valence-corrected chi connectivity index (χ2v) is 5.81. The summed E-state index contributed by atoms with van der Waals surface area (Å²) in [6.45, 7) is 0.237. The van der Waals surface area contributed by atoms with Gasteiger partial charge in [-0.25, -0.2) is 0 Å². The highest BCUT2D eigenvalue weighted by Crippen LogP contribution is 2.26. The molecule has 0 unspecified atom stereocenters. The molecule has 0 aliphatic rings. The summed E-state index contributed by atoms with van der Waals surface area (Å²) in [4.78, 5) is 12.1. The standard InChI is InChI=1S/C15H13Br2NO2/c1-20-15-7-6-10(8-12(15)17)14(19)9-18-13-5-3-2-4-11(13)16/h2-8,18H,9H2,1H3. The van der Waals surface area contributed by atoms with E-state index in [0.717, 1.165) is 14.6 Å². The normalized spacial score (nSPS) is 10.2. The number of methoxy groups -OCH3 is 1. The van der Waals surface area contributed by atoms with Gasteiger partial charge in [-0.1, -0.05) is 12.1 Å². The van der Waals surface area contributed by atoms with E-state index in [9.17, 15) is 4.79 Å². The smallest absolute Gasteiger partial charge is 0.181 e. The van der Waals surface area contributed by atoms with Gasteiger partial charge in [0, 0.05) is 15.7 Å². The van der Waals surface area contributed by atoms with Gasteiger partial charge in [-0.2, -0.15) is 0 Å². The van der Waals surface area contributed by atoms with E-state index < -0.39 is 0 Å². The molecule has 0 aromatic heterocycles. The zero-order chi connectivity index (χ0) is 14.5. The number of rotatable bonds is 5. The Hall–Kier alpha value is -1.33. The maximum Gasteiger partial charge on any atom is 0.181 e. The van der Waals surface area contributed by atoms with Gasteiger partial charge in [0.1, 0.15) is 5.75 Å². The van der Waals surface area contributed by atoms with Crippen molar-refractivity contribution in [3.8, 4) is 5.75 Å². The highest BCUT2D eigenvalue weighted by Gasteiger charge is 2.09. The number of hydrogen-bond donors (Lipinski definition) is 1. The van der Waals surface area contributed by atoms with Crippen LogP contribution >= 0.6 is 31.9 Å². The molecule has 0 spiro atoms. The van der Waals surface area contributed by atoms with Crippen LogP contribution in [-0.4, -0.2) is 19.4 Å². The maximum atomic E-state index is 12.1. The maximum absolute atomic E-state index is 12.1. The van der Waals surface area contributed by atoms with E-state index in [4.69, 9.17) is 4.74 Å². The van der Waals surface area contributed by atoms with Crippen LogP contribution in [-0.2, 0) is 0 Å². The summed E-state index contributed by atoms with van der Waals surface area (Å²) in [5, 5.41) is 3.12. The highest BCUT2D eigenvalue weighted by molar-refractivity contribution is 9.11. The molecular formula is C15H13Br2NO2. The van der Waals surface area contributed by atoms with Gasteiger partial charge in [0.25, 0.3) is 0 Å². The zero-order valence-corrected chi connectivity index (χ0v) is 14.0. The number of nitrogens with one attached hydrogen (secondary N) is 1. The Balaban J connectivity index is 2.05. The average Bonchev–Trinajstić information content (AvgIpc) is 2.46. The molecule has 5 heteroatoms. The van der Waals surface area contributed by atoms with Gasteiger partial charge in [-0.15, -0.1) is 0 Å². The number of ketones is 1. The van der Waals surface area contributed by atoms with Gasteiger partial charge in [0.05, 0.1) is 18.1 Å². The van der Waals surface area contributed by atoms with Crippen molar-refractivity contribution in [2.45, 2.75) is 0 Å². The Morgan fingerprint density at radius 3 is 2.55 bits per heavy atom. The van der Waals surface area contributed by atoms with E-state index >= 15 is 0 Å². The van der Waals surface area contributed by atoms with Crippen molar-refractivity contribution in [1.82, 2.24) is 0 Å². The zero-order valence-electron chi connectivity index (χ0n) is 10.8. The molecule has 0 atom stereocenters. The second kappa shape index (κ2) is 6.90. The molecule has 20 heavy (non-hydrogen) atoms. The number of carbonyl (C=O) groups is 1. The van der Waals surface area contributed by atoms with Gasteiger partial charge in [0.15, 0.2) is 5.78 Å². The first-order valence-corrected chi connectivity index (χ1v) is 7.55. The molecule has 0 aliphatic heterocycles. The first kappa shape index (κ1) is 15.1. The number of benzene rings is 2. The third-order valence-electron chi connectivity index (χ3n) is 2.79. The van der Waals surface area contributed by atoms with E-state index in [0.29, 0.717) is 11.3 Å². The number of anilines is 1. The Labute approximate surface area is 134 Å². The van der Waals surface area contributed by atoms with Crippen LogP contribution in [0.4, 0.5) is 5.69 Å². The van der Waals surface area contributed by atoms with Crippen LogP contribution in [0.1, 0.15) is 10.4 Å². The third kappa shape index (κ3) is 3.61. The van der Waals surface area contributed by atoms with Crippen molar-refractivity contribution < 1.29 is 9.53 Å². The SMILES string of the molecule is COc1ccc(C(=O)CNc2ccccc2Br)cc1Br. The lowest BCUT2D eigenvalue weighted by Gasteiger charge is -2.09. The summed E-state index contributed by atoms with van der Waals surface area (Å²) in [7, 11) is 1.59. The molecule has 104 valence electrons. The van der Waals surface area contributed by atoms with Crippen LogP contribution in [0.2, 0.25) is 0 Å². The molecule has 3 nitrogen and oxygen atoms in total. The molecule has 1 N–H and O–H groups in total. The summed E-state index contributed by atoms with van der Waals surface area (Å²) in [5.74, 6) is 0.726. The molecule has 0 radical (unpaired) electrons. The molecule has 0 fully saturated rings. The predicted octanol–water partition coefficient (Wildman–Crippen LogP) is 4.52. The molecule has 0 aliphatic carbocycles.